The number of hydrogen-bond acceptors (Lipinski definition) is 3. The van der Waals surface area contributed by atoms with Crippen LogP contribution in [0.1, 0.15) is 5.56 Å². The second kappa shape index (κ2) is 6.05. The van der Waals surface area contributed by atoms with Crippen molar-refractivity contribution in [3.8, 4) is 11.6 Å². The van der Waals surface area contributed by atoms with Crippen LogP contribution in [0.25, 0.3) is 0 Å². The first kappa shape index (κ1) is 13.1. The molecule has 0 aliphatic carbocycles. The average Bonchev–Trinajstić information content (AvgIpc) is 2.35. The van der Waals surface area contributed by atoms with Crippen LogP contribution in [0, 0.1) is 0 Å². The van der Waals surface area contributed by atoms with Gasteiger partial charge in [-0.05, 0) is 37.2 Å². The van der Waals surface area contributed by atoms with E-state index in [4.69, 9.17) is 33.7 Å². The van der Waals surface area contributed by atoms with Crippen LogP contribution in [0.4, 0.5) is 0 Å². The third-order valence-corrected chi connectivity index (χ3v) is 2.89. The van der Waals surface area contributed by atoms with Crippen molar-refractivity contribution in [3.63, 3.8) is 0 Å². The fourth-order valence-corrected chi connectivity index (χ4v) is 1.97. The number of ether oxygens (including phenoxy) is 1. The van der Waals surface area contributed by atoms with Gasteiger partial charge in [0.15, 0.2) is 0 Å². The van der Waals surface area contributed by atoms with E-state index >= 15 is 0 Å². The lowest BCUT2D eigenvalue weighted by molar-refractivity contribution is 0.456. The SMILES string of the molecule is NCCc1cccnc1Oc1ccc(Cl)cc1Cl. The summed E-state index contributed by atoms with van der Waals surface area (Å²) in [5.74, 6) is 1.05. The quantitative estimate of drug-likeness (QED) is 0.931. The highest BCUT2D eigenvalue weighted by Gasteiger charge is 2.08. The minimum absolute atomic E-state index is 0.451. The van der Waals surface area contributed by atoms with Crippen LogP contribution >= 0.6 is 23.2 Å². The maximum atomic E-state index is 6.05. The summed E-state index contributed by atoms with van der Waals surface area (Å²) in [4.78, 5) is 4.19. The van der Waals surface area contributed by atoms with Gasteiger partial charge in [0, 0.05) is 16.8 Å². The van der Waals surface area contributed by atoms with Crippen LogP contribution in [-0.2, 0) is 6.42 Å². The lowest BCUT2D eigenvalue weighted by Gasteiger charge is -2.10. The Morgan fingerprint density at radius 3 is 2.78 bits per heavy atom. The molecule has 0 aliphatic heterocycles. The standard InChI is InChI=1S/C13H12Cl2N2O/c14-10-3-4-12(11(15)8-10)18-13-9(5-6-16)2-1-7-17-13/h1-4,7-8H,5-6,16H2. The number of nitrogens with zero attached hydrogens (tertiary/aromatic N) is 1. The number of pyridine rings is 1. The molecule has 2 N–H and O–H groups in total. The fourth-order valence-electron chi connectivity index (χ4n) is 1.52. The van der Waals surface area contributed by atoms with E-state index in [-0.39, 0.29) is 0 Å². The normalized spacial score (nSPS) is 10.4. The van der Waals surface area contributed by atoms with Crippen LogP contribution in [0.15, 0.2) is 36.5 Å². The van der Waals surface area contributed by atoms with Crippen LogP contribution in [-0.4, -0.2) is 11.5 Å². The molecule has 5 heteroatoms. The highest BCUT2D eigenvalue weighted by molar-refractivity contribution is 6.35. The Kier molecular flexibility index (Phi) is 4.42. The van der Waals surface area contributed by atoms with E-state index in [9.17, 15) is 0 Å². The molecule has 1 aromatic heterocycles. The number of aromatic nitrogens is 1. The zero-order chi connectivity index (χ0) is 13.0. The first-order valence-corrected chi connectivity index (χ1v) is 6.23. The van der Waals surface area contributed by atoms with E-state index in [1.807, 2.05) is 12.1 Å². The average molecular weight is 283 g/mol. The highest BCUT2D eigenvalue weighted by Crippen LogP contribution is 2.31. The number of benzene rings is 1. The zero-order valence-electron chi connectivity index (χ0n) is 9.57. The topological polar surface area (TPSA) is 48.1 Å². The van der Waals surface area contributed by atoms with Crippen molar-refractivity contribution in [3.05, 3.63) is 52.1 Å². The third-order valence-electron chi connectivity index (χ3n) is 2.36. The number of rotatable bonds is 4. The van der Waals surface area contributed by atoms with Gasteiger partial charge in [-0.2, -0.15) is 0 Å². The summed E-state index contributed by atoms with van der Waals surface area (Å²) in [7, 11) is 0. The highest BCUT2D eigenvalue weighted by atomic mass is 35.5. The molecular weight excluding hydrogens is 271 g/mol. The van der Waals surface area contributed by atoms with Crippen molar-refractivity contribution in [1.82, 2.24) is 4.98 Å². The molecule has 1 aromatic carbocycles. The van der Waals surface area contributed by atoms with Gasteiger partial charge in [-0.1, -0.05) is 29.3 Å². The van der Waals surface area contributed by atoms with Gasteiger partial charge in [0.05, 0.1) is 5.02 Å². The van der Waals surface area contributed by atoms with Crippen LogP contribution in [0.5, 0.6) is 11.6 Å². The van der Waals surface area contributed by atoms with Crippen LogP contribution in [0.3, 0.4) is 0 Å². The van der Waals surface area contributed by atoms with Gasteiger partial charge in [-0.25, -0.2) is 4.98 Å². The Labute approximate surface area is 115 Å². The van der Waals surface area contributed by atoms with E-state index in [2.05, 4.69) is 4.98 Å². The Bertz CT molecular complexity index is 546. The van der Waals surface area contributed by atoms with Crippen molar-refractivity contribution in [1.29, 1.82) is 0 Å². The van der Waals surface area contributed by atoms with Crippen LogP contribution in [0.2, 0.25) is 10.0 Å². The van der Waals surface area contributed by atoms with Crippen molar-refractivity contribution >= 4 is 23.2 Å². The second-order valence-corrected chi connectivity index (χ2v) is 4.53. The molecule has 0 aliphatic rings. The molecule has 2 rings (SSSR count). The summed E-state index contributed by atoms with van der Waals surface area (Å²) in [5, 5.41) is 1.02. The molecule has 0 fully saturated rings. The van der Waals surface area contributed by atoms with E-state index in [0.717, 1.165) is 5.56 Å². The minimum atomic E-state index is 0.451. The van der Waals surface area contributed by atoms with Gasteiger partial charge in [0.2, 0.25) is 5.88 Å². The summed E-state index contributed by atoms with van der Waals surface area (Å²) in [6.45, 7) is 0.538. The molecule has 0 spiro atoms. The summed E-state index contributed by atoms with van der Waals surface area (Å²) in [6, 6.07) is 8.84. The van der Waals surface area contributed by atoms with Gasteiger partial charge in [-0.15, -0.1) is 0 Å². The monoisotopic (exact) mass is 282 g/mol. The molecule has 2 aromatic rings. The van der Waals surface area contributed by atoms with E-state index in [1.54, 1.807) is 24.4 Å². The summed E-state index contributed by atoms with van der Waals surface area (Å²) in [5.41, 5.74) is 6.50. The number of halogens is 2. The summed E-state index contributed by atoms with van der Waals surface area (Å²) < 4.78 is 5.69. The van der Waals surface area contributed by atoms with Crippen molar-refractivity contribution < 1.29 is 4.74 Å². The molecular formula is C13H12Cl2N2O. The van der Waals surface area contributed by atoms with Crippen molar-refractivity contribution in [2.45, 2.75) is 6.42 Å². The van der Waals surface area contributed by atoms with E-state index < -0.39 is 0 Å². The molecule has 0 radical (unpaired) electrons. The summed E-state index contributed by atoms with van der Waals surface area (Å²) in [6.07, 6.45) is 2.37. The second-order valence-electron chi connectivity index (χ2n) is 3.68. The lowest BCUT2D eigenvalue weighted by atomic mass is 10.2. The zero-order valence-corrected chi connectivity index (χ0v) is 11.1. The maximum absolute atomic E-state index is 6.05. The molecule has 3 nitrogen and oxygen atoms in total. The molecule has 0 bridgehead atoms. The van der Waals surface area contributed by atoms with Gasteiger partial charge in [0.25, 0.3) is 0 Å². The smallest absolute Gasteiger partial charge is 0.222 e. The van der Waals surface area contributed by atoms with Crippen molar-refractivity contribution in [2.24, 2.45) is 5.73 Å². The first-order valence-electron chi connectivity index (χ1n) is 5.47. The Balaban J connectivity index is 2.28. The minimum Gasteiger partial charge on any atom is -0.437 e. The van der Waals surface area contributed by atoms with Gasteiger partial charge >= 0.3 is 0 Å². The predicted octanol–water partition coefficient (Wildman–Crippen LogP) is 3.68. The van der Waals surface area contributed by atoms with Gasteiger partial charge in [0.1, 0.15) is 5.75 Å². The van der Waals surface area contributed by atoms with E-state index in [1.165, 1.54) is 0 Å². The first-order chi connectivity index (χ1) is 8.70. The van der Waals surface area contributed by atoms with Crippen molar-refractivity contribution in [2.75, 3.05) is 6.54 Å². The number of nitrogens with two attached hydrogens (primary N) is 1. The molecule has 94 valence electrons. The molecule has 0 atom stereocenters. The maximum Gasteiger partial charge on any atom is 0.222 e. The fraction of sp³-hybridized carbons (Fsp3) is 0.154. The third kappa shape index (κ3) is 3.13. The lowest BCUT2D eigenvalue weighted by Crippen LogP contribution is -2.04. The molecule has 18 heavy (non-hydrogen) atoms. The molecule has 1 heterocycles. The predicted molar refractivity (Wildman–Crippen MR) is 73.5 cm³/mol. The van der Waals surface area contributed by atoms with Crippen LogP contribution < -0.4 is 10.5 Å². The van der Waals surface area contributed by atoms with Gasteiger partial charge in [-0.3, -0.25) is 0 Å². The molecule has 0 unspecified atom stereocenters. The molecule has 0 saturated carbocycles. The van der Waals surface area contributed by atoms with Gasteiger partial charge < -0.3 is 10.5 Å². The van der Waals surface area contributed by atoms with E-state index in [0.29, 0.717) is 34.6 Å². The molecule has 0 amide bonds. The largest absolute Gasteiger partial charge is 0.437 e. The Morgan fingerprint density at radius 2 is 2.06 bits per heavy atom. The Morgan fingerprint density at radius 1 is 1.22 bits per heavy atom. The Hall–Kier alpha value is -1.29. The summed E-state index contributed by atoms with van der Waals surface area (Å²) >= 11 is 11.9. The number of hydrogen-bond donors (Lipinski definition) is 1. The molecule has 0 saturated heterocycles.